The first kappa shape index (κ1) is 16.4. The molecule has 0 radical (unpaired) electrons. The molecule has 1 aromatic heterocycles. The summed E-state index contributed by atoms with van der Waals surface area (Å²) in [5.41, 5.74) is 6.44. The summed E-state index contributed by atoms with van der Waals surface area (Å²) >= 11 is 1.69. The van der Waals surface area contributed by atoms with E-state index < -0.39 is 0 Å². The van der Waals surface area contributed by atoms with E-state index in [9.17, 15) is 4.79 Å². The average molecular weight is 309 g/mol. The van der Waals surface area contributed by atoms with Gasteiger partial charge in [0, 0.05) is 18.5 Å². The second-order valence-electron chi connectivity index (χ2n) is 5.80. The fourth-order valence-corrected chi connectivity index (χ4v) is 3.57. The van der Waals surface area contributed by atoms with E-state index in [0.717, 1.165) is 68.9 Å². The number of thiazole rings is 1. The molecule has 0 unspecified atom stereocenters. The molecule has 1 aromatic rings. The zero-order valence-electron chi connectivity index (χ0n) is 12.9. The number of nitrogens with two attached hydrogens (primary N) is 1. The lowest BCUT2D eigenvalue weighted by Gasteiger charge is -2.19. The van der Waals surface area contributed by atoms with E-state index in [4.69, 9.17) is 5.73 Å². The lowest BCUT2D eigenvalue weighted by molar-refractivity contribution is -0.130. The SMILES string of the molecule is NCCCCCc1nc(CC(=O)N2CCCCCC2)cs1. The summed E-state index contributed by atoms with van der Waals surface area (Å²) in [7, 11) is 0. The minimum absolute atomic E-state index is 0.247. The molecule has 1 aliphatic rings. The Hall–Kier alpha value is -0.940. The lowest BCUT2D eigenvalue weighted by Crippen LogP contribution is -2.33. The van der Waals surface area contributed by atoms with E-state index in [2.05, 4.69) is 4.98 Å². The largest absolute Gasteiger partial charge is 0.342 e. The Morgan fingerprint density at radius 3 is 2.67 bits per heavy atom. The Kier molecular flexibility index (Phi) is 7.16. The van der Waals surface area contributed by atoms with Crippen LogP contribution in [0.3, 0.4) is 0 Å². The van der Waals surface area contributed by atoms with E-state index in [-0.39, 0.29) is 5.91 Å². The fraction of sp³-hybridized carbons (Fsp3) is 0.750. The Balaban J connectivity index is 1.77. The van der Waals surface area contributed by atoms with Crippen molar-refractivity contribution in [2.75, 3.05) is 19.6 Å². The van der Waals surface area contributed by atoms with Crippen molar-refractivity contribution in [2.24, 2.45) is 5.73 Å². The molecule has 0 aromatic carbocycles. The number of hydrogen-bond acceptors (Lipinski definition) is 4. The summed E-state index contributed by atoms with van der Waals surface area (Å²) in [6, 6.07) is 0. The minimum atomic E-state index is 0.247. The number of aryl methyl sites for hydroxylation is 1. The van der Waals surface area contributed by atoms with Crippen molar-refractivity contribution in [3.63, 3.8) is 0 Å². The highest BCUT2D eigenvalue weighted by molar-refractivity contribution is 7.09. The molecule has 118 valence electrons. The molecule has 1 amide bonds. The second-order valence-corrected chi connectivity index (χ2v) is 6.75. The van der Waals surface area contributed by atoms with Crippen LogP contribution in [0.4, 0.5) is 0 Å². The van der Waals surface area contributed by atoms with Gasteiger partial charge >= 0.3 is 0 Å². The quantitative estimate of drug-likeness (QED) is 0.788. The molecule has 2 rings (SSSR count). The minimum Gasteiger partial charge on any atom is -0.342 e. The average Bonchev–Trinajstić information content (AvgIpc) is 2.76. The number of hydrogen-bond donors (Lipinski definition) is 1. The maximum absolute atomic E-state index is 12.3. The molecule has 0 spiro atoms. The molecular weight excluding hydrogens is 282 g/mol. The summed E-state index contributed by atoms with van der Waals surface area (Å²) in [4.78, 5) is 18.9. The zero-order chi connectivity index (χ0) is 14.9. The van der Waals surface area contributed by atoms with Crippen LogP contribution in [-0.4, -0.2) is 35.4 Å². The van der Waals surface area contributed by atoms with Crippen LogP contribution in [0.2, 0.25) is 0 Å². The van der Waals surface area contributed by atoms with Crippen molar-refractivity contribution in [3.8, 4) is 0 Å². The van der Waals surface area contributed by atoms with Crippen LogP contribution in [0.5, 0.6) is 0 Å². The van der Waals surface area contributed by atoms with Gasteiger partial charge in [-0.3, -0.25) is 4.79 Å². The number of amides is 1. The molecule has 0 atom stereocenters. The van der Waals surface area contributed by atoms with Crippen LogP contribution in [0, 0.1) is 0 Å². The van der Waals surface area contributed by atoms with Gasteiger partial charge in [0.2, 0.25) is 5.91 Å². The number of nitrogens with zero attached hydrogens (tertiary/aromatic N) is 2. The number of carbonyl (C=O) groups excluding carboxylic acids is 1. The Bertz CT molecular complexity index is 425. The summed E-state index contributed by atoms with van der Waals surface area (Å²) in [6.45, 7) is 2.62. The third-order valence-corrected chi connectivity index (χ3v) is 4.94. The molecule has 5 heteroatoms. The Morgan fingerprint density at radius 1 is 1.19 bits per heavy atom. The maximum Gasteiger partial charge on any atom is 0.228 e. The van der Waals surface area contributed by atoms with Crippen LogP contribution in [0.25, 0.3) is 0 Å². The third kappa shape index (κ3) is 5.75. The first-order valence-electron chi connectivity index (χ1n) is 8.20. The van der Waals surface area contributed by atoms with Crippen LogP contribution in [-0.2, 0) is 17.6 Å². The first-order valence-corrected chi connectivity index (χ1v) is 9.08. The molecular formula is C16H27N3OS. The molecule has 0 aliphatic carbocycles. The topological polar surface area (TPSA) is 59.2 Å². The summed E-state index contributed by atoms with van der Waals surface area (Å²) in [5.74, 6) is 0.247. The number of unbranched alkanes of at least 4 members (excludes halogenated alkanes) is 2. The van der Waals surface area contributed by atoms with Gasteiger partial charge in [-0.2, -0.15) is 0 Å². The standard InChI is InChI=1S/C16H27N3OS/c17-9-5-3-4-8-15-18-14(13-21-15)12-16(20)19-10-6-1-2-7-11-19/h13H,1-12,17H2. The lowest BCUT2D eigenvalue weighted by atomic mass is 10.2. The van der Waals surface area contributed by atoms with Crippen molar-refractivity contribution in [1.82, 2.24) is 9.88 Å². The van der Waals surface area contributed by atoms with Gasteiger partial charge in [-0.15, -0.1) is 11.3 Å². The Morgan fingerprint density at radius 2 is 1.95 bits per heavy atom. The second kappa shape index (κ2) is 9.15. The van der Waals surface area contributed by atoms with Crippen molar-refractivity contribution < 1.29 is 4.79 Å². The van der Waals surface area contributed by atoms with Gasteiger partial charge in [-0.1, -0.05) is 19.3 Å². The van der Waals surface area contributed by atoms with Gasteiger partial charge in [0.1, 0.15) is 0 Å². The zero-order valence-corrected chi connectivity index (χ0v) is 13.7. The third-order valence-electron chi connectivity index (χ3n) is 3.99. The van der Waals surface area contributed by atoms with Crippen molar-refractivity contribution in [2.45, 2.75) is 57.8 Å². The van der Waals surface area contributed by atoms with Gasteiger partial charge in [0.25, 0.3) is 0 Å². The van der Waals surface area contributed by atoms with E-state index in [1.807, 2.05) is 10.3 Å². The fourth-order valence-electron chi connectivity index (χ4n) is 2.73. The van der Waals surface area contributed by atoms with Crippen molar-refractivity contribution in [1.29, 1.82) is 0 Å². The van der Waals surface area contributed by atoms with Gasteiger partial charge in [0.05, 0.1) is 17.1 Å². The van der Waals surface area contributed by atoms with Crippen LogP contribution in [0.15, 0.2) is 5.38 Å². The van der Waals surface area contributed by atoms with Crippen LogP contribution >= 0.6 is 11.3 Å². The van der Waals surface area contributed by atoms with Crippen LogP contribution in [0.1, 0.15) is 55.6 Å². The summed E-state index contributed by atoms with van der Waals surface area (Å²) < 4.78 is 0. The normalized spacial score (nSPS) is 16.0. The smallest absolute Gasteiger partial charge is 0.228 e. The molecule has 1 aliphatic heterocycles. The van der Waals surface area contributed by atoms with Crippen molar-refractivity contribution >= 4 is 17.2 Å². The van der Waals surface area contributed by atoms with E-state index >= 15 is 0 Å². The van der Waals surface area contributed by atoms with Gasteiger partial charge in [-0.05, 0) is 38.6 Å². The molecule has 21 heavy (non-hydrogen) atoms. The highest BCUT2D eigenvalue weighted by atomic mass is 32.1. The highest BCUT2D eigenvalue weighted by Gasteiger charge is 2.17. The molecule has 2 heterocycles. The summed E-state index contributed by atoms with van der Waals surface area (Å²) in [6.07, 6.45) is 9.70. The predicted molar refractivity (Wildman–Crippen MR) is 87.5 cm³/mol. The molecule has 0 bridgehead atoms. The highest BCUT2D eigenvalue weighted by Crippen LogP contribution is 2.16. The van der Waals surface area contributed by atoms with Gasteiger partial charge in [0.15, 0.2) is 0 Å². The van der Waals surface area contributed by atoms with Gasteiger partial charge < -0.3 is 10.6 Å². The molecule has 0 saturated carbocycles. The number of likely N-dealkylation sites (tertiary alicyclic amines) is 1. The van der Waals surface area contributed by atoms with Gasteiger partial charge in [-0.25, -0.2) is 4.98 Å². The van der Waals surface area contributed by atoms with Crippen molar-refractivity contribution in [3.05, 3.63) is 16.1 Å². The van der Waals surface area contributed by atoms with Crippen LogP contribution < -0.4 is 5.73 Å². The monoisotopic (exact) mass is 309 g/mol. The first-order chi connectivity index (χ1) is 10.3. The molecule has 1 saturated heterocycles. The Labute approximate surface area is 131 Å². The molecule has 2 N–H and O–H groups in total. The molecule has 1 fully saturated rings. The number of aromatic nitrogens is 1. The predicted octanol–water partition coefficient (Wildman–Crippen LogP) is 2.76. The van der Waals surface area contributed by atoms with E-state index in [1.165, 1.54) is 12.8 Å². The molecule has 4 nitrogen and oxygen atoms in total. The maximum atomic E-state index is 12.3. The number of carbonyl (C=O) groups is 1. The number of rotatable bonds is 7. The van der Waals surface area contributed by atoms with E-state index in [1.54, 1.807) is 11.3 Å². The van der Waals surface area contributed by atoms with E-state index in [0.29, 0.717) is 6.42 Å². The summed E-state index contributed by atoms with van der Waals surface area (Å²) in [5, 5.41) is 3.21.